The molecule has 1 saturated carbocycles. The fourth-order valence-electron chi connectivity index (χ4n) is 2.68. The van der Waals surface area contributed by atoms with E-state index >= 15 is 0 Å². The number of benzene rings is 2. The Morgan fingerprint density at radius 1 is 1.05 bits per heavy atom. The monoisotopic (exact) mass is 294 g/mol. The van der Waals surface area contributed by atoms with Gasteiger partial charge in [0.2, 0.25) is 5.91 Å². The van der Waals surface area contributed by atoms with Crippen LogP contribution in [0.1, 0.15) is 35.6 Å². The summed E-state index contributed by atoms with van der Waals surface area (Å²) >= 11 is 0. The minimum Gasteiger partial charge on any atom is -0.370 e. The Bertz CT molecular complexity index is 642. The van der Waals surface area contributed by atoms with E-state index in [-0.39, 0.29) is 11.9 Å². The molecular formula is C19H22N2O. The quantitative estimate of drug-likeness (QED) is 0.882. The molecular weight excluding hydrogens is 272 g/mol. The fraction of sp³-hybridized carbons (Fsp3) is 0.316. The first kappa shape index (κ1) is 14.6. The number of carbonyl (C=O) groups is 1. The summed E-state index contributed by atoms with van der Waals surface area (Å²) in [6, 6.07) is 16.2. The van der Waals surface area contributed by atoms with Crippen molar-refractivity contribution >= 4 is 11.6 Å². The Morgan fingerprint density at radius 3 is 2.27 bits per heavy atom. The van der Waals surface area contributed by atoms with E-state index in [1.54, 1.807) is 0 Å². The zero-order chi connectivity index (χ0) is 15.5. The molecule has 0 spiro atoms. The molecule has 1 atom stereocenters. The minimum absolute atomic E-state index is 0.0489. The number of rotatable bonds is 5. The number of aryl methyl sites for hydroxylation is 2. The average molecular weight is 294 g/mol. The number of anilines is 1. The number of amides is 1. The van der Waals surface area contributed by atoms with Crippen LogP contribution >= 0.6 is 0 Å². The summed E-state index contributed by atoms with van der Waals surface area (Å²) in [6.07, 6.45) is 2.19. The maximum Gasteiger partial charge on any atom is 0.247 e. The van der Waals surface area contributed by atoms with Gasteiger partial charge in [-0.25, -0.2) is 0 Å². The zero-order valence-electron chi connectivity index (χ0n) is 13.1. The summed E-state index contributed by atoms with van der Waals surface area (Å²) < 4.78 is 0. The van der Waals surface area contributed by atoms with Crippen molar-refractivity contribution in [3.05, 3.63) is 65.2 Å². The lowest BCUT2D eigenvalue weighted by atomic mass is 10.0. The lowest BCUT2D eigenvalue weighted by Gasteiger charge is -2.20. The van der Waals surface area contributed by atoms with Crippen LogP contribution in [-0.4, -0.2) is 11.9 Å². The Balaban J connectivity index is 1.85. The van der Waals surface area contributed by atoms with E-state index in [0.29, 0.717) is 6.04 Å². The van der Waals surface area contributed by atoms with Gasteiger partial charge in [-0.05, 0) is 55.5 Å². The second-order valence-corrected chi connectivity index (χ2v) is 6.15. The Morgan fingerprint density at radius 2 is 1.68 bits per heavy atom. The Kier molecular flexibility index (Phi) is 4.14. The molecule has 3 nitrogen and oxygen atoms in total. The van der Waals surface area contributed by atoms with Gasteiger partial charge in [-0.1, -0.05) is 36.4 Å². The van der Waals surface area contributed by atoms with Crippen LogP contribution in [0, 0.1) is 13.8 Å². The van der Waals surface area contributed by atoms with Crippen LogP contribution in [0.25, 0.3) is 0 Å². The molecule has 0 aliphatic heterocycles. The maximum absolute atomic E-state index is 12.6. The van der Waals surface area contributed by atoms with Crippen molar-refractivity contribution in [2.45, 2.75) is 38.8 Å². The first-order valence-corrected chi connectivity index (χ1v) is 7.82. The third-order valence-electron chi connectivity index (χ3n) is 3.85. The van der Waals surface area contributed by atoms with Crippen LogP contribution in [0.4, 0.5) is 5.69 Å². The lowest BCUT2D eigenvalue weighted by molar-refractivity contribution is -0.122. The SMILES string of the molecule is Cc1cc(C)cc(N[C@@H](C(=O)NC2CC2)c2ccccc2)c1. The van der Waals surface area contributed by atoms with Gasteiger partial charge < -0.3 is 10.6 Å². The van der Waals surface area contributed by atoms with E-state index in [2.05, 4.69) is 42.7 Å². The molecule has 1 fully saturated rings. The Labute approximate surface area is 131 Å². The van der Waals surface area contributed by atoms with Crippen LogP contribution in [0.5, 0.6) is 0 Å². The summed E-state index contributed by atoms with van der Waals surface area (Å²) in [5.74, 6) is 0.0489. The smallest absolute Gasteiger partial charge is 0.247 e. The van der Waals surface area contributed by atoms with Crippen molar-refractivity contribution in [1.29, 1.82) is 0 Å². The molecule has 1 amide bonds. The maximum atomic E-state index is 12.6. The van der Waals surface area contributed by atoms with Gasteiger partial charge in [0.25, 0.3) is 0 Å². The van der Waals surface area contributed by atoms with E-state index in [9.17, 15) is 4.79 Å². The Hall–Kier alpha value is -2.29. The van der Waals surface area contributed by atoms with Crippen LogP contribution in [-0.2, 0) is 4.79 Å². The van der Waals surface area contributed by atoms with Gasteiger partial charge in [-0.15, -0.1) is 0 Å². The number of carbonyl (C=O) groups excluding carboxylic acids is 1. The first-order chi connectivity index (χ1) is 10.6. The molecule has 114 valence electrons. The number of hydrogen-bond donors (Lipinski definition) is 2. The molecule has 0 unspecified atom stereocenters. The van der Waals surface area contributed by atoms with Gasteiger partial charge >= 0.3 is 0 Å². The van der Waals surface area contributed by atoms with Crippen molar-refractivity contribution in [2.75, 3.05) is 5.32 Å². The largest absolute Gasteiger partial charge is 0.370 e. The van der Waals surface area contributed by atoms with E-state index in [1.807, 2.05) is 30.3 Å². The molecule has 0 saturated heterocycles. The van der Waals surface area contributed by atoms with Crippen molar-refractivity contribution in [3.8, 4) is 0 Å². The van der Waals surface area contributed by atoms with Crippen molar-refractivity contribution in [1.82, 2.24) is 5.32 Å². The molecule has 2 N–H and O–H groups in total. The summed E-state index contributed by atoms with van der Waals surface area (Å²) in [5, 5.41) is 6.50. The van der Waals surface area contributed by atoms with E-state index in [4.69, 9.17) is 0 Å². The summed E-state index contributed by atoms with van der Waals surface area (Å²) in [4.78, 5) is 12.6. The third kappa shape index (κ3) is 3.67. The number of nitrogens with one attached hydrogen (secondary N) is 2. The van der Waals surface area contributed by atoms with Gasteiger partial charge in [-0.3, -0.25) is 4.79 Å². The second-order valence-electron chi connectivity index (χ2n) is 6.15. The van der Waals surface area contributed by atoms with Gasteiger partial charge in [0.05, 0.1) is 0 Å². The van der Waals surface area contributed by atoms with E-state index in [1.165, 1.54) is 11.1 Å². The van der Waals surface area contributed by atoms with Crippen LogP contribution in [0.2, 0.25) is 0 Å². The average Bonchev–Trinajstić information content (AvgIpc) is 3.28. The molecule has 1 aliphatic rings. The third-order valence-corrected chi connectivity index (χ3v) is 3.85. The van der Waals surface area contributed by atoms with Crippen LogP contribution < -0.4 is 10.6 Å². The highest BCUT2D eigenvalue weighted by Crippen LogP contribution is 2.25. The van der Waals surface area contributed by atoms with Gasteiger partial charge in [-0.2, -0.15) is 0 Å². The molecule has 1 aliphatic carbocycles. The predicted octanol–water partition coefficient (Wildman–Crippen LogP) is 3.74. The highest BCUT2D eigenvalue weighted by Gasteiger charge is 2.28. The molecule has 22 heavy (non-hydrogen) atoms. The minimum atomic E-state index is -0.358. The van der Waals surface area contributed by atoms with Crippen molar-refractivity contribution in [3.63, 3.8) is 0 Å². The van der Waals surface area contributed by atoms with E-state index < -0.39 is 0 Å². The summed E-state index contributed by atoms with van der Waals surface area (Å²) in [6.45, 7) is 4.14. The topological polar surface area (TPSA) is 41.1 Å². The number of hydrogen-bond acceptors (Lipinski definition) is 2. The van der Waals surface area contributed by atoms with Crippen molar-refractivity contribution < 1.29 is 4.79 Å². The normalized spacial score (nSPS) is 15.2. The molecule has 0 heterocycles. The van der Waals surface area contributed by atoms with Crippen LogP contribution in [0.3, 0.4) is 0 Å². The molecule has 0 bridgehead atoms. The lowest BCUT2D eigenvalue weighted by Crippen LogP contribution is -2.34. The second kappa shape index (κ2) is 6.22. The predicted molar refractivity (Wildman–Crippen MR) is 89.9 cm³/mol. The first-order valence-electron chi connectivity index (χ1n) is 7.82. The van der Waals surface area contributed by atoms with Gasteiger partial charge in [0, 0.05) is 11.7 Å². The fourth-order valence-corrected chi connectivity index (χ4v) is 2.68. The highest BCUT2D eigenvalue weighted by molar-refractivity contribution is 5.86. The van der Waals surface area contributed by atoms with Crippen LogP contribution in [0.15, 0.2) is 48.5 Å². The molecule has 3 rings (SSSR count). The van der Waals surface area contributed by atoms with E-state index in [0.717, 1.165) is 24.1 Å². The van der Waals surface area contributed by atoms with Gasteiger partial charge in [0.15, 0.2) is 0 Å². The summed E-state index contributed by atoms with van der Waals surface area (Å²) in [5.41, 5.74) is 4.35. The molecule has 0 aromatic heterocycles. The zero-order valence-corrected chi connectivity index (χ0v) is 13.1. The molecule has 2 aromatic rings. The molecule has 2 aromatic carbocycles. The highest BCUT2D eigenvalue weighted by atomic mass is 16.2. The summed E-state index contributed by atoms with van der Waals surface area (Å²) in [7, 11) is 0. The van der Waals surface area contributed by atoms with Crippen molar-refractivity contribution in [2.24, 2.45) is 0 Å². The molecule has 0 radical (unpaired) electrons. The standard InChI is InChI=1S/C19H22N2O/c1-13-10-14(2)12-17(11-13)20-18(15-6-4-3-5-7-15)19(22)21-16-8-9-16/h3-7,10-12,16,18,20H,8-9H2,1-2H3,(H,21,22)/t18-/m1/s1. The van der Waals surface area contributed by atoms with Gasteiger partial charge in [0.1, 0.15) is 6.04 Å². The molecule has 3 heteroatoms.